The summed E-state index contributed by atoms with van der Waals surface area (Å²) in [7, 11) is 1.64. The number of methoxy groups -OCH3 is 1. The Hall–Kier alpha value is -1.79. The van der Waals surface area contributed by atoms with Crippen LogP contribution in [0.25, 0.3) is 6.08 Å². The summed E-state index contributed by atoms with van der Waals surface area (Å²) in [6.45, 7) is 7.08. The first-order chi connectivity index (χ1) is 14.0. The molecular formula is C23H29NO3S2. The molecule has 2 aliphatic rings. The van der Waals surface area contributed by atoms with Gasteiger partial charge in [0.2, 0.25) is 0 Å². The highest BCUT2D eigenvalue weighted by molar-refractivity contribution is 8.26. The summed E-state index contributed by atoms with van der Waals surface area (Å²) in [6.07, 6.45) is 8.38. The van der Waals surface area contributed by atoms with Crippen LogP contribution in [-0.2, 0) is 4.79 Å². The number of thioether (sulfide) groups is 1. The van der Waals surface area contributed by atoms with E-state index in [1.165, 1.54) is 24.6 Å². The van der Waals surface area contributed by atoms with Crippen LogP contribution in [-0.4, -0.2) is 34.9 Å². The lowest BCUT2D eigenvalue weighted by Crippen LogP contribution is -2.33. The molecule has 1 aromatic rings. The smallest absolute Gasteiger partial charge is 0.266 e. The van der Waals surface area contributed by atoms with E-state index in [2.05, 4.69) is 19.9 Å². The summed E-state index contributed by atoms with van der Waals surface area (Å²) >= 11 is 6.92. The summed E-state index contributed by atoms with van der Waals surface area (Å²) in [5.74, 6) is 1.97. The zero-order chi connectivity index (χ0) is 21.0. The van der Waals surface area contributed by atoms with Crippen LogP contribution in [0, 0.1) is 5.92 Å². The number of amides is 1. The number of nitrogens with zero attached hydrogens (tertiary/aromatic N) is 1. The first-order valence-electron chi connectivity index (χ1n) is 10.3. The van der Waals surface area contributed by atoms with Crippen molar-refractivity contribution in [2.75, 3.05) is 13.7 Å². The maximum Gasteiger partial charge on any atom is 0.266 e. The number of fused-ring (bicyclic) bond motifs is 1. The van der Waals surface area contributed by atoms with Crippen LogP contribution in [0.4, 0.5) is 0 Å². The molecule has 156 valence electrons. The van der Waals surface area contributed by atoms with Gasteiger partial charge in [0.1, 0.15) is 10.4 Å². The standard InChI is InChI=1S/C23H29NO3S2/c1-5-7-9-16(6-2)14-24-22(25)20(29-23(24)28)13-18-12-17-10-8-11-19(26-4)21(17)27-15(18)3/h8,10-13,15-16H,5-7,9,14H2,1-4H3. The summed E-state index contributed by atoms with van der Waals surface area (Å²) < 4.78 is 12.1. The second kappa shape index (κ2) is 9.81. The van der Waals surface area contributed by atoms with E-state index in [1.54, 1.807) is 12.0 Å². The highest BCUT2D eigenvalue weighted by Gasteiger charge is 2.34. The Morgan fingerprint density at radius 1 is 1.38 bits per heavy atom. The van der Waals surface area contributed by atoms with Crippen molar-refractivity contribution in [3.8, 4) is 11.5 Å². The summed E-state index contributed by atoms with van der Waals surface area (Å²) in [4.78, 5) is 15.5. The lowest BCUT2D eigenvalue weighted by molar-refractivity contribution is -0.122. The third kappa shape index (κ3) is 4.86. The fraction of sp³-hybridized carbons (Fsp3) is 0.478. The monoisotopic (exact) mass is 431 g/mol. The van der Waals surface area contributed by atoms with E-state index in [0.717, 1.165) is 29.7 Å². The second-order valence-electron chi connectivity index (χ2n) is 7.49. The lowest BCUT2D eigenvalue weighted by atomic mass is 9.98. The molecule has 0 bridgehead atoms. The lowest BCUT2D eigenvalue weighted by Gasteiger charge is -2.24. The molecule has 1 aromatic carbocycles. The fourth-order valence-corrected chi connectivity index (χ4v) is 4.89. The van der Waals surface area contributed by atoms with Gasteiger partial charge >= 0.3 is 0 Å². The molecule has 2 heterocycles. The van der Waals surface area contributed by atoms with Crippen LogP contribution in [0.15, 0.2) is 34.8 Å². The van der Waals surface area contributed by atoms with Crippen molar-refractivity contribution in [3.05, 3.63) is 40.3 Å². The van der Waals surface area contributed by atoms with Crippen molar-refractivity contribution in [2.45, 2.75) is 52.6 Å². The molecule has 3 rings (SSSR count). The Balaban J connectivity index is 1.80. The Kier molecular flexibility index (Phi) is 7.41. The van der Waals surface area contributed by atoms with Crippen molar-refractivity contribution in [1.29, 1.82) is 0 Å². The molecule has 0 N–H and O–H groups in total. The molecule has 0 aromatic heterocycles. The molecule has 4 nitrogen and oxygen atoms in total. The average molecular weight is 432 g/mol. The van der Waals surface area contributed by atoms with Crippen molar-refractivity contribution in [3.63, 3.8) is 0 Å². The third-order valence-corrected chi connectivity index (χ3v) is 6.85. The molecule has 6 heteroatoms. The predicted octanol–water partition coefficient (Wildman–Crippen LogP) is 5.82. The predicted molar refractivity (Wildman–Crippen MR) is 124 cm³/mol. The van der Waals surface area contributed by atoms with E-state index in [-0.39, 0.29) is 12.0 Å². The van der Waals surface area contributed by atoms with Gasteiger partial charge in [-0.15, -0.1) is 0 Å². The molecule has 2 atom stereocenters. The Morgan fingerprint density at radius 3 is 2.86 bits per heavy atom. The number of para-hydroxylation sites is 1. The van der Waals surface area contributed by atoms with Crippen LogP contribution in [0.1, 0.15) is 52.0 Å². The first-order valence-corrected chi connectivity index (χ1v) is 11.5. The van der Waals surface area contributed by atoms with E-state index in [4.69, 9.17) is 21.7 Å². The number of hydrogen-bond donors (Lipinski definition) is 0. The van der Waals surface area contributed by atoms with E-state index in [1.807, 2.05) is 31.2 Å². The van der Waals surface area contributed by atoms with Gasteiger partial charge in [0, 0.05) is 12.1 Å². The van der Waals surface area contributed by atoms with Crippen molar-refractivity contribution in [1.82, 2.24) is 4.90 Å². The molecule has 1 amide bonds. The van der Waals surface area contributed by atoms with E-state index in [9.17, 15) is 4.79 Å². The van der Waals surface area contributed by atoms with Crippen LogP contribution in [0.3, 0.4) is 0 Å². The number of benzene rings is 1. The van der Waals surface area contributed by atoms with Gasteiger partial charge in [-0.2, -0.15) is 0 Å². The van der Waals surface area contributed by atoms with E-state index < -0.39 is 0 Å². The van der Waals surface area contributed by atoms with Crippen molar-refractivity contribution < 1.29 is 14.3 Å². The normalized spacial score (nSPS) is 21.1. The maximum absolute atomic E-state index is 13.0. The zero-order valence-electron chi connectivity index (χ0n) is 17.6. The number of ether oxygens (including phenoxy) is 2. The Labute approximate surface area is 183 Å². The molecule has 2 unspecified atom stereocenters. The molecule has 1 fully saturated rings. The topological polar surface area (TPSA) is 38.8 Å². The molecule has 0 aliphatic carbocycles. The van der Waals surface area contributed by atoms with Crippen LogP contribution >= 0.6 is 24.0 Å². The molecule has 0 radical (unpaired) electrons. The minimum atomic E-state index is -0.171. The number of carbonyl (C=O) groups is 1. The van der Waals surface area contributed by atoms with Gasteiger partial charge in [0.05, 0.1) is 12.0 Å². The first kappa shape index (κ1) is 21.9. The van der Waals surface area contributed by atoms with Crippen LogP contribution < -0.4 is 9.47 Å². The molecule has 0 spiro atoms. The second-order valence-corrected chi connectivity index (χ2v) is 9.17. The van der Waals surface area contributed by atoms with Crippen LogP contribution in [0.2, 0.25) is 0 Å². The van der Waals surface area contributed by atoms with Crippen molar-refractivity contribution >= 4 is 40.3 Å². The van der Waals surface area contributed by atoms with Gasteiger partial charge in [-0.3, -0.25) is 9.69 Å². The highest BCUT2D eigenvalue weighted by Crippen LogP contribution is 2.40. The SMILES string of the molecule is CCCCC(CC)CN1C(=O)C(=CC2=Cc3cccc(OC)c3OC2C)SC1=S. The number of thiocarbonyl (C=S) groups is 1. The van der Waals surface area contributed by atoms with Crippen LogP contribution in [0.5, 0.6) is 11.5 Å². The molecule has 1 saturated heterocycles. The van der Waals surface area contributed by atoms with Gasteiger partial charge in [-0.1, -0.05) is 69.2 Å². The largest absolute Gasteiger partial charge is 0.493 e. The average Bonchev–Trinajstić information content (AvgIpc) is 2.98. The number of hydrogen-bond acceptors (Lipinski definition) is 5. The fourth-order valence-electron chi connectivity index (χ4n) is 3.62. The third-order valence-electron chi connectivity index (χ3n) is 5.47. The maximum atomic E-state index is 13.0. The number of rotatable bonds is 8. The summed E-state index contributed by atoms with van der Waals surface area (Å²) in [5, 5.41) is 0. The van der Waals surface area contributed by atoms with Gasteiger partial charge in [0.25, 0.3) is 5.91 Å². The molecule has 0 saturated carbocycles. The minimum absolute atomic E-state index is 0.0134. The quantitative estimate of drug-likeness (QED) is 0.383. The summed E-state index contributed by atoms with van der Waals surface area (Å²) in [6, 6.07) is 5.81. The minimum Gasteiger partial charge on any atom is -0.493 e. The summed E-state index contributed by atoms with van der Waals surface area (Å²) in [5.41, 5.74) is 1.92. The molecule has 29 heavy (non-hydrogen) atoms. The molecule has 2 aliphatic heterocycles. The Bertz CT molecular complexity index is 847. The van der Waals surface area contributed by atoms with Gasteiger partial charge in [-0.25, -0.2) is 0 Å². The zero-order valence-corrected chi connectivity index (χ0v) is 19.2. The number of carbonyl (C=O) groups excluding carboxylic acids is 1. The van der Waals surface area contributed by atoms with Gasteiger partial charge in [0.15, 0.2) is 11.5 Å². The Morgan fingerprint density at radius 2 is 2.17 bits per heavy atom. The highest BCUT2D eigenvalue weighted by atomic mass is 32.2. The van der Waals surface area contributed by atoms with Gasteiger partial charge < -0.3 is 9.47 Å². The van der Waals surface area contributed by atoms with Gasteiger partial charge in [-0.05, 0) is 43.1 Å². The van der Waals surface area contributed by atoms with Crippen molar-refractivity contribution in [2.24, 2.45) is 5.92 Å². The molecular weight excluding hydrogens is 402 g/mol. The van der Waals surface area contributed by atoms with E-state index >= 15 is 0 Å². The number of unbranched alkanes of at least 4 members (excludes halogenated alkanes) is 1. The van der Waals surface area contributed by atoms with E-state index in [0.29, 0.717) is 27.4 Å².